The summed E-state index contributed by atoms with van der Waals surface area (Å²) in [6.07, 6.45) is 2.21. The minimum Gasteiger partial charge on any atom is -0.411 e. The zero-order valence-electron chi connectivity index (χ0n) is 15.2. The van der Waals surface area contributed by atoms with Crippen molar-refractivity contribution in [2.45, 2.75) is 57.9 Å². The molecular formula is C18H28N2O3S. The van der Waals surface area contributed by atoms with Crippen molar-refractivity contribution in [2.75, 3.05) is 7.05 Å². The van der Waals surface area contributed by atoms with Crippen molar-refractivity contribution in [3.63, 3.8) is 0 Å². The zero-order chi connectivity index (χ0) is 18.1. The van der Waals surface area contributed by atoms with Crippen LogP contribution >= 0.6 is 0 Å². The third kappa shape index (κ3) is 3.81. The van der Waals surface area contributed by atoms with Crippen LogP contribution in [0.5, 0.6) is 0 Å². The number of rotatable bonds is 3. The lowest BCUT2D eigenvalue weighted by atomic mass is 9.70. The average Bonchev–Trinajstić information content (AvgIpc) is 2.53. The Morgan fingerprint density at radius 1 is 1.21 bits per heavy atom. The molecule has 0 bridgehead atoms. The number of hydrogen-bond donors (Lipinski definition) is 1. The highest BCUT2D eigenvalue weighted by Crippen LogP contribution is 2.39. The summed E-state index contributed by atoms with van der Waals surface area (Å²) in [7, 11) is -2.05. The Morgan fingerprint density at radius 3 is 2.29 bits per heavy atom. The van der Waals surface area contributed by atoms with Crippen LogP contribution in [0.3, 0.4) is 0 Å². The fraction of sp³-hybridized carbons (Fsp3) is 0.611. The molecule has 1 aromatic rings. The molecule has 0 spiro atoms. The van der Waals surface area contributed by atoms with E-state index in [-0.39, 0.29) is 10.3 Å². The van der Waals surface area contributed by atoms with Gasteiger partial charge in [0, 0.05) is 7.05 Å². The molecule has 2 rings (SSSR count). The summed E-state index contributed by atoms with van der Waals surface area (Å²) in [6.45, 7) is 8.44. The van der Waals surface area contributed by atoms with Crippen LogP contribution in [-0.2, 0) is 10.0 Å². The van der Waals surface area contributed by atoms with Gasteiger partial charge >= 0.3 is 0 Å². The van der Waals surface area contributed by atoms with E-state index in [1.807, 2.05) is 6.92 Å². The number of sulfonamides is 1. The summed E-state index contributed by atoms with van der Waals surface area (Å²) in [5.41, 5.74) is 1.65. The van der Waals surface area contributed by atoms with Crippen molar-refractivity contribution >= 4 is 15.7 Å². The van der Waals surface area contributed by atoms with Crippen LogP contribution in [0.25, 0.3) is 0 Å². The quantitative estimate of drug-likeness (QED) is 0.666. The summed E-state index contributed by atoms with van der Waals surface area (Å²) in [5, 5.41) is 12.7. The highest BCUT2D eigenvalue weighted by atomic mass is 32.2. The monoisotopic (exact) mass is 352 g/mol. The Labute approximate surface area is 145 Å². The standard InChI is InChI=1S/C18H28N2O3S/c1-13-6-9-15(10-7-13)24(22,23)20(5)17-12-14(18(2,3)4)8-11-16(17)19-21/h6-7,9-10,14,17,21H,8,11-12H2,1-5H3/b19-16+/t14-,17+/m1/s1. The summed E-state index contributed by atoms with van der Waals surface area (Å²) in [5.74, 6) is 0.378. The van der Waals surface area contributed by atoms with E-state index in [9.17, 15) is 13.6 Å². The maximum absolute atomic E-state index is 12.9. The molecule has 1 saturated carbocycles. The molecule has 0 aliphatic heterocycles. The van der Waals surface area contributed by atoms with Gasteiger partial charge in [-0.05, 0) is 49.7 Å². The zero-order valence-corrected chi connectivity index (χ0v) is 16.0. The molecule has 5 nitrogen and oxygen atoms in total. The number of benzene rings is 1. The summed E-state index contributed by atoms with van der Waals surface area (Å²) in [4.78, 5) is 0.269. The van der Waals surface area contributed by atoms with Crippen molar-refractivity contribution < 1.29 is 13.6 Å². The number of nitrogens with zero attached hydrogens (tertiary/aromatic N) is 2. The second-order valence-corrected chi connectivity index (χ2v) is 9.78. The molecule has 1 fully saturated rings. The topological polar surface area (TPSA) is 70.0 Å². The molecule has 0 saturated heterocycles. The predicted molar refractivity (Wildman–Crippen MR) is 95.9 cm³/mol. The largest absolute Gasteiger partial charge is 0.411 e. The molecule has 134 valence electrons. The van der Waals surface area contributed by atoms with Crippen LogP contribution in [0.15, 0.2) is 34.3 Å². The molecule has 1 aromatic carbocycles. The van der Waals surface area contributed by atoms with Gasteiger partial charge in [-0.1, -0.05) is 43.6 Å². The van der Waals surface area contributed by atoms with Crippen molar-refractivity contribution in [3.05, 3.63) is 29.8 Å². The van der Waals surface area contributed by atoms with Gasteiger partial charge in [0.05, 0.1) is 16.6 Å². The Bertz CT molecular complexity index is 703. The Morgan fingerprint density at radius 2 is 1.79 bits per heavy atom. The van der Waals surface area contributed by atoms with Gasteiger partial charge in [-0.3, -0.25) is 0 Å². The summed E-state index contributed by atoms with van der Waals surface area (Å²) < 4.78 is 27.3. The molecule has 0 radical (unpaired) electrons. The Kier molecular flexibility index (Phi) is 5.40. The van der Waals surface area contributed by atoms with E-state index in [1.165, 1.54) is 4.31 Å². The molecule has 0 heterocycles. The molecule has 1 aliphatic rings. The lowest BCUT2D eigenvalue weighted by molar-refractivity contribution is 0.175. The van der Waals surface area contributed by atoms with E-state index in [0.717, 1.165) is 12.0 Å². The maximum atomic E-state index is 12.9. The molecule has 1 N–H and O–H groups in total. The second kappa shape index (κ2) is 6.84. The second-order valence-electron chi connectivity index (χ2n) is 7.78. The van der Waals surface area contributed by atoms with Crippen LogP contribution in [0, 0.1) is 18.3 Å². The first kappa shape index (κ1) is 18.9. The predicted octanol–water partition coefficient (Wildman–Crippen LogP) is 3.66. The molecule has 0 amide bonds. The SMILES string of the molecule is Cc1ccc(S(=O)(=O)N(C)[C@H]2C[C@H](C(C)(C)C)CC/C2=N\O)cc1. The summed E-state index contributed by atoms with van der Waals surface area (Å²) >= 11 is 0. The van der Waals surface area contributed by atoms with Gasteiger partial charge in [0.25, 0.3) is 0 Å². The molecule has 0 aromatic heterocycles. The highest BCUT2D eigenvalue weighted by Gasteiger charge is 2.39. The van der Waals surface area contributed by atoms with E-state index in [1.54, 1.807) is 31.3 Å². The third-order valence-electron chi connectivity index (χ3n) is 5.13. The first-order chi connectivity index (χ1) is 11.1. The molecular weight excluding hydrogens is 324 g/mol. The lowest BCUT2D eigenvalue weighted by Gasteiger charge is -2.40. The van der Waals surface area contributed by atoms with Gasteiger partial charge in [-0.2, -0.15) is 4.31 Å². The minimum atomic E-state index is -3.63. The fourth-order valence-electron chi connectivity index (χ4n) is 3.32. The van der Waals surface area contributed by atoms with Crippen LogP contribution in [-0.4, -0.2) is 36.7 Å². The van der Waals surface area contributed by atoms with Crippen LogP contribution in [0.1, 0.15) is 45.6 Å². The van der Waals surface area contributed by atoms with E-state index >= 15 is 0 Å². The van der Waals surface area contributed by atoms with Gasteiger partial charge < -0.3 is 5.21 Å². The van der Waals surface area contributed by atoms with Gasteiger partial charge in [0.15, 0.2) is 0 Å². The summed E-state index contributed by atoms with van der Waals surface area (Å²) in [6, 6.07) is 6.43. The number of oxime groups is 1. The smallest absolute Gasteiger partial charge is 0.243 e. The Balaban J connectivity index is 2.33. The molecule has 2 atom stereocenters. The van der Waals surface area contributed by atoms with Gasteiger partial charge in [-0.15, -0.1) is 0 Å². The minimum absolute atomic E-state index is 0.0910. The Hall–Kier alpha value is -1.40. The first-order valence-electron chi connectivity index (χ1n) is 8.33. The van der Waals surface area contributed by atoms with E-state index in [0.29, 0.717) is 24.5 Å². The van der Waals surface area contributed by atoms with Crippen molar-refractivity contribution in [1.29, 1.82) is 0 Å². The van der Waals surface area contributed by atoms with Crippen molar-refractivity contribution in [3.8, 4) is 0 Å². The molecule has 24 heavy (non-hydrogen) atoms. The average molecular weight is 353 g/mol. The van der Waals surface area contributed by atoms with E-state index in [2.05, 4.69) is 25.9 Å². The van der Waals surface area contributed by atoms with Crippen molar-refractivity contribution in [2.24, 2.45) is 16.5 Å². The first-order valence-corrected chi connectivity index (χ1v) is 9.77. The van der Waals surface area contributed by atoms with E-state index < -0.39 is 16.1 Å². The van der Waals surface area contributed by atoms with E-state index in [4.69, 9.17) is 0 Å². The lowest BCUT2D eigenvalue weighted by Crippen LogP contribution is -2.47. The van der Waals surface area contributed by atoms with Crippen molar-refractivity contribution in [1.82, 2.24) is 4.31 Å². The van der Waals surface area contributed by atoms with Gasteiger partial charge in [-0.25, -0.2) is 8.42 Å². The van der Waals surface area contributed by atoms with Crippen LogP contribution in [0.4, 0.5) is 0 Å². The normalized spacial score (nSPS) is 24.5. The molecule has 0 unspecified atom stereocenters. The third-order valence-corrected chi connectivity index (χ3v) is 7.01. The van der Waals surface area contributed by atoms with Crippen LogP contribution < -0.4 is 0 Å². The molecule has 6 heteroatoms. The highest BCUT2D eigenvalue weighted by molar-refractivity contribution is 7.89. The fourth-order valence-corrected chi connectivity index (χ4v) is 4.67. The number of hydrogen-bond acceptors (Lipinski definition) is 4. The van der Waals surface area contributed by atoms with Crippen LogP contribution in [0.2, 0.25) is 0 Å². The molecule has 1 aliphatic carbocycles. The number of aryl methyl sites for hydroxylation is 1. The van der Waals surface area contributed by atoms with Gasteiger partial charge in [0.2, 0.25) is 10.0 Å². The maximum Gasteiger partial charge on any atom is 0.243 e. The van der Waals surface area contributed by atoms with Gasteiger partial charge in [0.1, 0.15) is 0 Å².